The lowest BCUT2D eigenvalue weighted by atomic mass is 10.0. The molecule has 2 aliphatic rings. The number of aryl methyl sites for hydroxylation is 1. The second-order valence-corrected chi connectivity index (χ2v) is 10.9. The summed E-state index contributed by atoms with van der Waals surface area (Å²) in [6, 6.07) is 4.69. The van der Waals surface area contributed by atoms with Gasteiger partial charge >= 0.3 is 0 Å². The van der Waals surface area contributed by atoms with E-state index >= 15 is 0 Å². The predicted octanol–water partition coefficient (Wildman–Crippen LogP) is 0.688. The molecule has 3 rings (SSSR count). The third-order valence-electron chi connectivity index (χ3n) is 5.02. The number of fused-ring (bicyclic) bond motifs is 1. The van der Waals surface area contributed by atoms with Crippen LogP contribution < -0.4 is 9.62 Å². The monoisotopic (exact) mass is 415 g/mol. The Bertz CT molecular complexity index is 935. The maximum Gasteiger partial charge on any atom is 0.243 e. The molecule has 8 nitrogen and oxygen atoms in total. The van der Waals surface area contributed by atoms with Crippen molar-refractivity contribution in [3.8, 4) is 0 Å². The van der Waals surface area contributed by atoms with E-state index in [0.717, 1.165) is 30.3 Å². The molecule has 150 valence electrons. The van der Waals surface area contributed by atoms with Crippen molar-refractivity contribution in [3.63, 3.8) is 0 Å². The number of hydrogen-bond acceptors (Lipinski definition) is 5. The fourth-order valence-corrected chi connectivity index (χ4v) is 6.09. The van der Waals surface area contributed by atoms with Crippen LogP contribution in [0, 0.1) is 0 Å². The molecule has 0 radical (unpaired) electrons. The smallest absolute Gasteiger partial charge is 0.243 e. The number of piperidine rings is 1. The third kappa shape index (κ3) is 4.50. The molecule has 1 amide bonds. The zero-order chi connectivity index (χ0) is 19.8. The van der Waals surface area contributed by atoms with E-state index in [2.05, 4.69) is 4.72 Å². The maximum atomic E-state index is 13.0. The Morgan fingerprint density at radius 2 is 1.78 bits per heavy atom. The summed E-state index contributed by atoms with van der Waals surface area (Å²) in [7, 11) is -6.95. The first-order chi connectivity index (χ1) is 12.6. The van der Waals surface area contributed by atoms with Crippen LogP contribution in [0.3, 0.4) is 0 Å². The summed E-state index contributed by atoms with van der Waals surface area (Å²) in [6.07, 6.45) is 3.53. The standard InChI is InChI=1S/C17H25N3O5S2/c1-13(21)20-9-3-4-14-12-16(5-6-17(14)20)27(24,25)19-10-7-15(8-11-19)18-26(2,22)23/h5-6,12,15,18H,3-4,7-11H2,1-2H3. The lowest BCUT2D eigenvalue weighted by molar-refractivity contribution is -0.116. The van der Waals surface area contributed by atoms with Gasteiger partial charge in [0.25, 0.3) is 0 Å². The van der Waals surface area contributed by atoms with Crippen molar-refractivity contribution >= 4 is 31.6 Å². The second-order valence-electron chi connectivity index (χ2n) is 7.13. The number of rotatable bonds is 4. The number of sulfonamides is 2. The van der Waals surface area contributed by atoms with Gasteiger partial charge in [0.15, 0.2) is 0 Å². The molecular formula is C17H25N3O5S2. The molecular weight excluding hydrogens is 390 g/mol. The molecule has 0 aromatic heterocycles. The Kier molecular flexibility index (Phi) is 5.62. The van der Waals surface area contributed by atoms with Gasteiger partial charge in [0, 0.05) is 38.3 Å². The Balaban J connectivity index is 1.77. The number of hydrogen-bond donors (Lipinski definition) is 1. The van der Waals surface area contributed by atoms with Crippen molar-refractivity contribution in [2.45, 2.75) is 43.5 Å². The fraction of sp³-hybridized carbons (Fsp3) is 0.588. The van der Waals surface area contributed by atoms with Gasteiger partial charge in [-0.2, -0.15) is 4.31 Å². The Morgan fingerprint density at radius 1 is 1.11 bits per heavy atom. The van der Waals surface area contributed by atoms with Gasteiger partial charge in [-0.3, -0.25) is 4.79 Å². The van der Waals surface area contributed by atoms with Crippen LogP contribution in [0.1, 0.15) is 31.7 Å². The highest BCUT2D eigenvalue weighted by Gasteiger charge is 2.31. The molecule has 0 spiro atoms. The van der Waals surface area contributed by atoms with Crippen molar-refractivity contribution in [3.05, 3.63) is 23.8 Å². The van der Waals surface area contributed by atoms with Crippen molar-refractivity contribution in [1.82, 2.24) is 9.03 Å². The van der Waals surface area contributed by atoms with Crippen LogP contribution in [0.5, 0.6) is 0 Å². The van der Waals surface area contributed by atoms with Gasteiger partial charge in [-0.25, -0.2) is 21.6 Å². The lowest BCUT2D eigenvalue weighted by Gasteiger charge is -2.32. The first kappa shape index (κ1) is 20.2. The highest BCUT2D eigenvalue weighted by Crippen LogP contribution is 2.31. The van der Waals surface area contributed by atoms with Crippen molar-refractivity contribution < 1.29 is 21.6 Å². The minimum atomic E-state index is -3.65. The van der Waals surface area contributed by atoms with E-state index in [0.29, 0.717) is 19.4 Å². The zero-order valence-electron chi connectivity index (χ0n) is 15.5. The Labute approximate surface area is 160 Å². The van der Waals surface area contributed by atoms with Crippen LogP contribution in [-0.2, 0) is 31.3 Å². The molecule has 0 saturated carbocycles. The molecule has 0 bridgehead atoms. The Morgan fingerprint density at radius 3 is 2.37 bits per heavy atom. The predicted molar refractivity (Wildman–Crippen MR) is 103 cm³/mol. The topological polar surface area (TPSA) is 104 Å². The number of amides is 1. The summed E-state index contributed by atoms with van der Waals surface area (Å²) in [6.45, 7) is 2.70. The van der Waals surface area contributed by atoms with Crippen LogP contribution in [0.25, 0.3) is 0 Å². The first-order valence-corrected chi connectivity index (χ1v) is 12.3. The van der Waals surface area contributed by atoms with E-state index < -0.39 is 20.0 Å². The summed E-state index contributed by atoms with van der Waals surface area (Å²) in [5, 5.41) is 0. The number of anilines is 1. The van der Waals surface area contributed by atoms with E-state index in [9.17, 15) is 21.6 Å². The zero-order valence-corrected chi connectivity index (χ0v) is 17.1. The number of carbonyl (C=O) groups excluding carboxylic acids is 1. The molecule has 27 heavy (non-hydrogen) atoms. The molecule has 1 fully saturated rings. The lowest BCUT2D eigenvalue weighted by Crippen LogP contribution is -2.46. The van der Waals surface area contributed by atoms with Gasteiger partial charge in [0.05, 0.1) is 11.2 Å². The van der Waals surface area contributed by atoms with Crippen LogP contribution in [-0.4, -0.2) is 59.0 Å². The Hall–Kier alpha value is -1.49. The van der Waals surface area contributed by atoms with Crippen molar-refractivity contribution in [2.24, 2.45) is 0 Å². The summed E-state index contributed by atoms with van der Waals surface area (Å²) < 4.78 is 52.6. The minimum absolute atomic E-state index is 0.0491. The molecule has 1 aromatic rings. The largest absolute Gasteiger partial charge is 0.312 e. The molecule has 10 heteroatoms. The third-order valence-corrected chi connectivity index (χ3v) is 7.68. The number of nitrogens with one attached hydrogen (secondary N) is 1. The average molecular weight is 416 g/mol. The van der Waals surface area contributed by atoms with Crippen LogP contribution in [0.15, 0.2) is 23.1 Å². The molecule has 0 aliphatic carbocycles. The highest BCUT2D eigenvalue weighted by molar-refractivity contribution is 7.89. The van der Waals surface area contributed by atoms with E-state index in [1.165, 1.54) is 11.2 Å². The fourth-order valence-electron chi connectivity index (χ4n) is 3.73. The summed E-state index contributed by atoms with van der Waals surface area (Å²) in [4.78, 5) is 13.7. The van der Waals surface area contributed by atoms with Gasteiger partial charge < -0.3 is 4.90 Å². The van der Waals surface area contributed by atoms with Crippen LogP contribution in [0.2, 0.25) is 0 Å². The quantitative estimate of drug-likeness (QED) is 0.779. The van der Waals surface area contributed by atoms with Crippen molar-refractivity contribution in [2.75, 3.05) is 30.8 Å². The normalized spacial score (nSPS) is 19.7. The number of benzene rings is 1. The molecule has 1 N–H and O–H groups in total. The van der Waals surface area contributed by atoms with Gasteiger partial charge in [-0.1, -0.05) is 0 Å². The summed E-state index contributed by atoms with van der Waals surface area (Å²) in [5.41, 5.74) is 1.65. The molecule has 2 heterocycles. The van der Waals surface area contributed by atoms with E-state index in [1.807, 2.05) is 0 Å². The average Bonchev–Trinajstić information content (AvgIpc) is 2.59. The van der Waals surface area contributed by atoms with Gasteiger partial charge in [0.1, 0.15) is 0 Å². The van der Waals surface area contributed by atoms with E-state index in [4.69, 9.17) is 0 Å². The van der Waals surface area contributed by atoms with Gasteiger partial charge in [0.2, 0.25) is 26.0 Å². The number of nitrogens with zero attached hydrogens (tertiary/aromatic N) is 2. The van der Waals surface area contributed by atoms with Gasteiger partial charge in [-0.05, 0) is 49.4 Å². The SMILES string of the molecule is CC(=O)N1CCCc2cc(S(=O)(=O)N3CCC(NS(C)(=O)=O)CC3)ccc21. The van der Waals surface area contributed by atoms with Gasteiger partial charge in [-0.15, -0.1) is 0 Å². The minimum Gasteiger partial charge on any atom is -0.312 e. The molecule has 1 aromatic carbocycles. The number of carbonyl (C=O) groups is 1. The maximum absolute atomic E-state index is 13.0. The second kappa shape index (κ2) is 7.50. The van der Waals surface area contributed by atoms with E-state index in [1.54, 1.807) is 23.1 Å². The van der Waals surface area contributed by atoms with Crippen LogP contribution >= 0.6 is 0 Å². The highest BCUT2D eigenvalue weighted by atomic mass is 32.2. The summed E-state index contributed by atoms with van der Waals surface area (Å²) >= 11 is 0. The first-order valence-electron chi connectivity index (χ1n) is 8.96. The van der Waals surface area contributed by atoms with E-state index in [-0.39, 0.29) is 29.9 Å². The molecule has 0 unspecified atom stereocenters. The summed E-state index contributed by atoms with van der Waals surface area (Å²) in [5.74, 6) is -0.0491. The molecule has 0 atom stereocenters. The van der Waals surface area contributed by atoms with Crippen molar-refractivity contribution in [1.29, 1.82) is 0 Å². The molecule has 2 aliphatic heterocycles. The van der Waals surface area contributed by atoms with Crippen LogP contribution in [0.4, 0.5) is 5.69 Å². The molecule has 1 saturated heterocycles.